The molecule has 124 valence electrons. The summed E-state index contributed by atoms with van der Waals surface area (Å²) >= 11 is 0. The van der Waals surface area contributed by atoms with Crippen LogP contribution < -0.4 is 10.6 Å². The fourth-order valence-electron chi connectivity index (χ4n) is 3.40. The summed E-state index contributed by atoms with van der Waals surface area (Å²) in [4.78, 5) is 0. The topological polar surface area (TPSA) is 29.4 Å². The third-order valence-electron chi connectivity index (χ3n) is 4.66. The van der Waals surface area contributed by atoms with E-state index in [9.17, 15) is 4.57 Å². The molecule has 0 spiro atoms. The van der Waals surface area contributed by atoms with Gasteiger partial charge in [-0.25, -0.2) is 4.76 Å². The van der Waals surface area contributed by atoms with Crippen molar-refractivity contribution in [3.63, 3.8) is 0 Å². The van der Waals surface area contributed by atoms with Crippen molar-refractivity contribution in [2.45, 2.75) is 19.3 Å². The zero-order chi connectivity index (χ0) is 17.1. The van der Waals surface area contributed by atoms with Crippen LogP contribution in [0.1, 0.15) is 24.0 Å². The molecule has 0 fully saturated rings. The first-order valence-electron chi connectivity index (χ1n) is 8.66. The lowest BCUT2D eigenvalue weighted by atomic mass is 9.90. The molecule has 0 radical (unpaired) electrons. The van der Waals surface area contributed by atoms with E-state index >= 15 is 0 Å². The summed E-state index contributed by atoms with van der Waals surface area (Å²) in [5, 5.41) is 1.58. The Morgan fingerprint density at radius 3 is 1.88 bits per heavy atom. The van der Waals surface area contributed by atoms with Gasteiger partial charge < -0.3 is 0 Å². The smallest absolute Gasteiger partial charge is 0.247 e. The molecule has 0 aliphatic heterocycles. The molecule has 0 amide bonds. The molecule has 0 atom stereocenters. The van der Waals surface area contributed by atoms with E-state index in [4.69, 9.17) is 4.76 Å². The van der Waals surface area contributed by atoms with Crippen LogP contribution in [-0.4, -0.2) is 5.71 Å². The first kappa shape index (κ1) is 16.1. The van der Waals surface area contributed by atoms with Gasteiger partial charge in [0.25, 0.3) is 0 Å². The Hall–Kier alpha value is -2.44. The molecule has 1 aliphatic rings. The normalized spacial score (nSPS) is 15.8. The van der Waals surface area contributed by atoms with E-state index < -0.39 is 7.29 Å². The average Bonchev–Trinajstić information content (AvgIpc) is 2.69. The van der Waals surface area contributed by atoms with Crippen LogP contribution >= 0.6 is 7.29 Å². The van der Waals surface area contributed by atoms with Crippen molar-refractivity contribution in [2.75, 3.05) is 0 Å². The lowest BCUT2D eigenvalue weighted by molar-refractivity contribution is 0.588. The van der Waals surface area contributed by atoms with Crippen LogP contribution in [0.5, 0.6) is 0 Å². The number of fused-ring (bicyclic) bond motifs is 1. The van der Waals surface area contributed by atoms with E-state index in [1.54, 1.807) is 0 Å². The molecular weight excluding hydrogens is 325 g/mol. The maximum atomic E-state index is 14.1. The summed E-state index contributed by atoms with van der Waals surface area (Å²) < 4.78 is 19.0. The van der Waals surface area contributed by atoms with Gasteiger partial charge in [-0.15, -0.1) is 0 Å². The third-order valence-corrected chi connectivity index (χ3v) is 7.18. The highest BCUT2D eigenvalue weighted by Gasteiger charge is 2.28. The molecule has 0 saturated heterocycles. The Morgan fingerprint density at radius 1 is 0.680 bits per heavy atom. The van der Waals surface area contributed by atoms with E-state index in [1.807, 2.05) is 66.7 Å². The fourth-order valence-corrected chi connectivity index (χ4v) is 5.63. The summed E-state index contributed by atoms with van der Waals surface area (Å²) in [6.07, 6.45) is 3.00. The Labute approximate surface area is 148 Å². The molecule has 1 aliphatic carbocycles. The molecule has 0 aromatic heterocycles. The van der Waals surface area contributed by atoms with Crippen molar-refractivity contribution in [2.24, 2.45) is 4.76 Å². The van der Waals surface area contributed by atoms with E-state index in [0.717, 1.165) is 41.1 Å². The summed E-state index contributed by atoms with van der Waals surface area (Å²) in [6, 6.07) is 27.7. The van der Waals surface area contributed by atoms with Gasteiger partial charge in [0.2, 0.25) is 7.29 Å². The second-order valence-electron chi connectivity index (χ2n) is 6.30. The van der Waals surface area contributed by atoms with Crippen LogP contribution in [0.25, 0.3) is 0 Å². The number of hydrogen-bond acceptors (Lipinski definition) is 1. The van der Waals surface area contributed by atoms with Gasteiger partial charge in [-0.05, 0) is 54.7 Å². The van der Waals surface area contributed by atoms with Gasteiger partial charge in [0.15, 0.2) is 0 Å². The standard InChI is InChI=1S/C22H20NOP/c24-25(19-12-3-1-4-13-19,20-14-5-2-6-15-20)23-22-17-9-11-18-10-7-8-16-21(18)22/h1-8,10,12-16H,9,11,17H2/b23-22+. The SMILES string of the molecule is O=P(/N=C1\CCCc2ccccc21)(c1ccccc1)c1ccccc1. The van der Waals surface area contributed by atoms with Gasteiger partial charge in [-0.2, -0.15) is 0 Å². The van der Waals surface area contributed by atoms with Crippen molar-refractivity contribution in [3.8, 4) is 0 Å². The summed E-state index contributed by atoms with van der Waals surface area (Å²) in [6.45, 7) is 0. The zero-order valence-electron chi connectivity index (χ0n) is 14.0. The second kappa shape index (κ2) is 6.82. The summed E-state index contributed by atoms with van der Waals surface area (Å²) in [5.74, 6) is 0. The molecule has 25 heavy (non-hydrogen) atoms. The maximum Gasteiger partial charge on any atom is 0.247 e. The molecule has 4 rings (SSSR count). The summed E-state index contributed by atoms with van der Waals surface area (Å²) in [5.41, 5.74) is 3.43. The highest BCUT2D eigenvalue weighted by atomic mass is 31.2. The number of nitrogens with zero attached hydrogens (tertiary/aromatic N) is 1. The highest BCUT2D eigenvalue weighted by Crippen LogP contribution is 2.46. The number of hydrogen-bond donors (Lipinski definition) is 0. The van der Waals surface area contributed by atoms with Crippen LogP contribution in [0, 0.1) is 0 Å². The van der Waals surface area contributed by atoms with Gasteiger partial charge in [0, 0.05) is 10.6 Å². The number of benzene rings is 3. The Balaban J connectivity index is 1.91. The van der Waals surface area contributed by atoms with Gasteiger partial charge in [0.1, 0.15) is 0 Å². The number of rotatable bonds is 3. The van der Waals surface area contributed by atoms with Crippen molar-refractivity contribution >= 4 is 23.6 Å². The minimum atomic E-state index is -3.06. The molecule has 2 nitrogen and oxygen atoms in total. The highest BCUT2D eigenvalue weighted by molar-refractivity contribution is 7.77. The predicted molar refractivity (Wildman–Crippen MR) is 106 cm³/mol. The van der Waals surface area contributed by atoms with Gasteiger partial charge in [-0.1, -0.05) is 60.7 Å². The van der Waals surface area contributed by atoms with Crippen molar-refractivity contribution in [1.29, 1.82) is 0 Å². The molecule has 0 N–H and O–H groups in total. The van der Waals surface area contributed by atoms with E-state index in [2.05, 4.69) is 18.2 Å². The first-order chi connectivity index (χ1) is 12.3. The number of aryl methyl sites for hydroxylation is 1. The minimum Gasteiger partial charge on any atom is -0.288 e. The molecule has 3 heteroatoms. The van der Waals surface area contributed by atoms with Gasteiger partial charge in [0.05, 0.1) is 5.71 Å². The molecule has 0 unspecified atom stereocenters. The van der Waals surface area contributed by atoms with E-state index in [1.165, 1.54) is 5.56 Å². The molecule has 0 bridgehead atoms. The largest absolute Gasteiger partial charge is 0.288 e. The second-order valence-corrected chi connectivity index (χ2v) is 8.69. The Morgan fingerprint density at radius 2 is 1.24 bits per heavy atom. The van der Waals surface area contributed by atoms with Gasteiger partial charge in [-0.3, -0.25) is 4.57 Å². The predicted octanol–water partition coefficient (Wildman–Crippen LogP) is 4.74. The first-order valence-corrected chi connectivity index (χ1v) is 10.3. The molecule has 0 heterocycles. The van der Waals surface area contributed by atoms with Crippen LogP contribution in [-0.2, 0) is 11.0 Å². The van der Waals surface area contributed by atoms with E-state index in [0.29, 0.717) is 0 Å². The van der Waals surface area contributed by atoms with Gasteiger partial charge >= 0.3 is 0 Å². The van der Waals surface area contributed by atoms with Crippen LogP contribution in [0.15, 0.2) is 89.7 Å². The zero-order valence-corrected chi connectivity index (χ0v) is 14.9. The van der Waals surface area contributed by atoms with Crippen molar-refractivity contribution in [1.82, 2.24) is 0 Å². The van der Waals surface area contributed by atoms with Crippen LogP contribution in [0.3, 0.4) is 0 Å². The minimum absolute atomic E-state index is 0.789. The van der Waals surface area contributed by atoms with E-state index in [-0.39, 0.29) is 0 Å². The van der Waals surface area contributed by atoms with Crippen molar-refractivity contribution < 1.29 is 4.57 Å². The maximum absolute atomic E-state index is 14.1. The fraction of sp³-hybridized carbons (Fsp3) is 0.136. The quantitative estimate of drug-likeness (QED) is 0.631. The van der Waals surface area contributed by atoms with Crippen LogP contribution in [0.4, 0.5) is 0 Å². The average molecular weight is 345 g/mol. The Bertz CT molecular complexity index is 905. The van der Waals surface area contributed by atoms with Crippen molar-refractivity contribution in [3.05, 3.63) is 96.1 Å². The Kier molecular flexibility index (Phi) is 4.38. The third kappa shape index (κ3) is 3.10. The van der Waals surface area contributed by atoms with Crippen LogP contribution in [0.2, 0.25) is 0 Å². The lowest BCUT2D eigenvalue weighted by Gasteiger charge is -2.21. The molecule has 3 aromatic rings. The lowest BCUT2D eigenvalue weighted by Crippen LogP contribution is -2.18. The molecule has 0 saturated carbocycles. The molecular formula is C22H20NOP. The summed E-state index contributed by atoms with van der Waals surface area (Å²) in [7, 11) is -3.06. The monoisotopic (exact) mass is 345 g/mol. The molecule has 3 aromatic carbocycles.